The van der Waals surface area contributed by atoms with E-state index in [4.69, 9.17) is 0 Å². The highest BCUT2D eigenvalue weighted by molar-refractivity contribution is 8.00. The van der Waals surface area contributed by atoms with Gasteiger partial charge in [-0.25, -0.2) is 19.6 Å². The van der Waals surface area contributed by atoms with Crippen LogP contribution in [0.5, 0.6) is 0 Å². The molecule has 0 aromatic carbocycles. The molecule has 2 aromatic rings. The van der Waals surface area contributed by atoms with Gasteiger partial charge in [0, 0.05) is 17.5 Å². The van der Waals surface area contributed by atoms with Crippen molar-refractivity contribution >= 4 is 34.7 Å². The van der Waals surface area contributed by atoms with Crippen LogP contribution in [0.3, 0.4) is 0 Å². The van der Waals surface area contributed by atoms with Crippen LogP contribution in [0.4, 0.5) is 4.79 Å². The predicted molar refractivity (Wildman–Crippen MR) is 116 cm³/mol. The van der Waals surface area contributed by atoms with Crippen molar-refractivity contribution in [1.29, 1.82) is 0 Å². The number of H-pyrrole nitrogens is 1. The zero-order chi connectivity index (χ0) is 22.5. The summed E-state index contributed by atoms with van der Waals surface area (Å²) in [6, 6.07) is -0.565. The number of carbonyl (C=O) groups excluding carboxylic acids is 2. The average molecular weight is 447 g/mol. The molecule has 3 N–H and O–H groups in total. The Morgan fingerprint density at radius 2 is 1.84 bits per heavy atom. The van der Waals surface area contributed by atoms with Crippen LogP contribution >= 0.6 is 11.8 Å². The van der Waals surface area contributed by atoms with Gasteiger partial charge in [-0.2, -0.15) is 0 Å². The zero-order valence-electron chi connectivity index (χ0n) is 17.9. The number of rotatable bonds is 5. The highest BCUT2D eigenvalue weighted by Crippen LogP contribution is 2.41. The standard InChI is InChI=1S/C20H26N6O4S/c1-9(15(27)23-18(29)25-20(2,3)4)31-17-12-14(21-13(22-17)10-5-6-10)26(11-7-8-11)19(30)24-16(12)28/h9-11H,5-8H2,1-4H3,(H,24,28,30)(H2,23,25,27,29)/t9-/m1/s1. The molecule has 31 heavy (non-hydrogen) atoms. The summed E-state index contributed by atoms with van der Waals surface area (Å²) in [5, 5.41) is 4.86. The number of imide groups is 1. The number of fused-ring (bicyclic) bond motifs is 1. The quantitative estimate of drug-likeness (QED) is 0.470. The van der Waals surface area contributed by atoms with Gasteiger partial charge in [0.05, 0.1) is 5.25 Å². The zero-order valence-corrected chi connectivity index (χ0v) is 18.8. The van der Waals surface area contributed by atoms with Gasteiger partial charge >= 0.3 is 11.7 Å². The topological polar surface area (TPSA) is 139 Å². The third kappa shape index (κ3) is 4.81. The molecule has 2 aliphatic carbocycles. The lowest BCUT2D eigenvalue weighted by molar-refractivity contribution is -0.119. The van der Waals surface area contributed by atoms with Gasteiger partial charge in [0.15, 0.2) is 5.65 Å². The molecule has 11 heteroatoms. The summed E-state index contributed by atoms with van der Waals surface area (Å²) in [7, 11) is 0. The van der Waals surface area contributed by atoms with Crippen LogP contribution in [-0.4, -0.2) is 42.2 Å². The fourth-order valence-corrected chi connectivity index (χ4v) is 4.17. The van der Waals surface area contributed by atoms with E-state index in [0.29, 0.717) is 16.5 Å². The van der Waals surface area contributed by atoms with E-state index >= 15 is 0 Å². The Bertz CT molecular complexity index is 1170. The molecular formula is C20H26N6O4S. The van der Waals surface area contributed by atoms with Crippen LogP contribution < -0.4 is 21.9 Å². The van der Waals surface area contributed by atoms with Gasteiger partial charge in [0.25, 0.3) is 5.56 Å². The van der Waals surface area contributed by atoms with Crippen LogP contribution in [0.1, 0.15) is 71.2 Å². The second-order valence-electron chi connectivity index (χ2n) is 9.17. The molecule has 10 nitrogen and oxygen atoms in total. The van der Waals surface area contributed by atoms with Crippen LogP contribution in [-0.2, 0) is 4.79 Å². The second kappa shape index (κ2) is 7.77. The van der Waals surface area contributed by atoms with Gasteiger partial charge in [-0.3, -0.25) is 24.5 Å². The van der Waals surface area contributed by atoms with Gasteiger partial charge in [0.1, 0.15) is 16.2 Å². The SMILES string of the molecule is C[C@@H](Sc1nc(C2CC2)nc2c1c(=O)[nH]c(=O)n2C1CC1)C(=O)NC(=O)NC(C)(C)C. The first-order valence-corrected chi connectivity index (χ1v) is 11.3. The van der Waals surface area contributed by atoms with E-state index in [1.54, 1.807) is 6.92 Å². The summed E-state index contributed by atoms with van der Waals surface area (Å²) in [4.78, 5) is 61.2. The van der Waals surface area contributed by atoms with Crippen molar-refractivity contribution in [3.63, 3.8) is 0 Å². The number of hydrogen-bond acceptors (Lipinski definition) is 7. The number of aromatic amines is 1. The Kier molecular flexibility index (Phi) is 5.40. The Hall–Kier alpha value is -2.69. The normalized spacial score (nSPS) is 17.4. The number of carbonyl (C=O) groups is 2. The fourth-order valence-electron chi connectivity index (χ4n) is 3.22. The first-order valence-electron chi connectivity index (χ1n) is 10.4. The smallest absolute Gasteiger partial charge is 0.330 e. The lowest BCUT2D eigenvalue weighted by atomic mass is 10.1. The fraction of sp³-hybridized carbons (Fsp3) is 0.600. The van der Waals surface area contributed by atoms with Crippen molar-refractivity contribution in [3.8, 4) is 0 Å². The summed E-state index contributed by atoms with van der Waals surface area (Å²) in [5.74, 6) is 0.290. The number of thioether (sulfide) groups is 1. The van der Waals surface area contributed by atoms with Crippen molar-refractivity contribution in [2.24, 2.45) is 0 Å². The summed E-state index contributed by atoms with van der Waals surface area (Å²) < 4.78 is 1.54. The summed E-state index contributed by atoms with van der Waals surface area (Å²) in [6.45, 7) is 7.08. The number of amides is 3. The maximum atomic E-state index is 12.7. The number of urea groups is 1. The molecule has 0 bridgehead atoms. The Labute approximate surface area is 182 Å². The van der Waals surface area contributed by atoms with Gasteiger partial charge in [-0.05, 0) is 53.4 Å². The van der Waals surface area contributed by atoms with Crippen LogP contribution in [0, 0.1) is 0 Å². The van der Waals surface area contributed by atoms with Crippen LogP contribution in [0.25, 0.3) is 11.0 Å². The lowest BCUT2D eigenvalue weighted by Gasteiger charge is -2.21. The maximum Gasteiger partial charge on any atom is 0.330 e. The van der Waals surface area contributed by atoms with E-state index in [0.717, 1.165) is 37.4 Å². The average Bonchev–Trinajstić information content (AvgIpc) is 3.51. The van der Waals surface area contributed by atoms with Crippen molar-refractivity contribution in [1.82, 2.24) is 30.2 Å². The molecule has 3 amide bonds. The Morgan fingerprint density at radius 1 is 1.16 bits per heavy atom. The Balaban J connectivity index is 1.68. The number of nitrogens with zero attached hydrogens (tertiary/aromatic N) is 3. The molecule has 0 unspecified atom stereocenters. The molecule has 0 saturated heterocycles. The molecule has 166 valence electrons. The van der Waals surface area contributed by atoms with E-state index in [1.165, 1.54) is 4.57 Å². The molecule has 2 saturated carbocycles. The van der Waals surface area contributed by atoms with Crippen molar-refractivity contribution in [3.05, 3.63) is 26.7 Å². The number of hydrogen-bond donors (Lipinski definition) is 3. The monoisotopic (exact) mass is 446 g/mol. The minimum atomic E-state index is -0.698. The third-order valence-corrected chi connectivity index (χ3v) is 6.09. The second-order valence-corrected chi connectivity index (χ2v) is 10.5. The van der Waals surface area contributed by atoms with Gasteiger partial charge in [-0.15, -0.1) is 0 Å². The molecule has 4 rings (SSSR count). The largest absolute Gasteiger partial charge is 0.333 e. The molecular weight excluding hydrogens is 420 g/mol. The minimum absolute atomic E-state index is 0.0217. The van der Waals surface area contributed by atoms with Crippen LogP contribution in [0.15, 0.2) is 14.6 Å². The molecule has 2 aromatic heterocycles. The third-order valence-electron chi connectivity index (χ3n) is 5.01. The minimum Gasteiger partial charge on any atom is -0.333 e. The maximum absolute atomic E-state index is 12.7. The highest BCUT2D eigenvalue weighted by Gasteiger charge is 2.33. The molecule has 2 aliphatic rings. The van der Waals surface area contributed by atoms with Gasteiger partial charge < -0.3 is 5.32 Å². The number of aromatic nitrogens is 4. The van der Waals surface area contributed by atoms with Crippen LogP contribution in [0.2, 0.25) is 0 Å². The predicted octanol–water partition coefficient (Wildman–Crippen LogP) is 1.80. The summed E-state index contributed by atoms with van der Waals surface area (Å²) in [6.07, 6.45) is 3.62. The van der Waals surface area contributed by atoms with Crippen molar-refractivity contribution < 1.29 is 9.59 Å². The Morgan fingerprint density at radius 3 is 2.42 bits per heavy atom. The van der Waals surface area contributed by atoms with Crippen molar-refractivity contribution in [2.45, 2.75) is 81.2 Å². The summed E-state index contributed by atoms with van der Waals surface area (Å²) in [5.41, 5.74) is -1.20. The van der Waals surface area contributed by atoms with Gasteiger partial charge in [-0.1, -0.05) is 11.8 Å². The first-order chi connectivity index (χ1) is 14.5. The lowest BCUT2D eigenvalue weighted by Crippen LogP contribution is -2.49. The molecule has 1 atom stereocenters. The van der Waals surface area contributed by atoms with Gasteiger partial charge in [0.2, 0.25) is 5.91 Å². The molecule has 2 fully saturated rings. The molecule has 2 heterocycles. The van der Waals surface area contributed by atoms with E-state index in [9.17, 15) is 19.2 Å². The van der Waals surface area contributed by atoms with E-state index in [-0.39, 0.29) is 17.3 Å². The number of nitrogens with one attached hydrogen (secondary N) is 3. The molecule has 0 aliphatic heterocycles. The summed E-state index contributed by atoms with van der Waals surface area (Å²) >= 11 is 1.08. The molecule has 0 radical (unpaired) electrons. The first kappa shape index (κ1) is 21.5. The molecule has 0 spiro atoms. The highest BCUT2D eigenvalue weighted by atomic mass is 32.2. The van der Waals surface area contributed by atoms with E-state index < -0.39 is 34.0 Å². The van der Waals surface area contributed by atoms with Crippen molar-refractivity contribution in [2.75, 3.05) is 0 Å². The van der Waals surface area contributed by atoms with E-state index in [1.807, 2.05) is 20.8 Å². The van der Waals surface area contributed by atoms with E-state index in [2.05, 4.69) is 25.6 Å².